The van der Waals surface area contributed by atoms with Crippen LogP contribution in [0.5, 0.6) is 11.5 Å². The van der Waals surface area contributed by atoms with Gasteiger partial charge in [0.2, 0.25) is 0 Å². The van der Waals surface area contributed by atoms with Crippen LogP contribution in [0, 0.1) is 0 Å². The molecule has 0 bridgehead atoms. The molecule has 0 N–H and O–H groups in total. The summed E-state index contributed by atoms with van der Waals surface area (Å²) in [7, 11) is 0. The highest BCUT2D eigenvalue weighted by atomic mass is 16.5. The van der Waals surface area contributed by atoms with Gasteiger partial charge in [-0.05, 0) is 24.3 Å². The van der Waals surface area contributed by atoms with E-state index < -0.39 is 0 Å². The van der Waals surface area contributed by atoms with Crippen molar-refractivity contribution in [1.82, 2.24) is 0 Å². The van der Waals surface area contributed by atoms with Crippen LogP contribution in [0.2, 0.25) is 0 Å². The fourth-order valence-electron chi connectivity index (χ4n) is 2.32. The molecule has 1 nitrogen and oxygen atoms in total. The number of hydrogen-bond acceptors (Lipinski definition) is 1. The number of hydrogen-bond donors (Lipinski definition) is 0. The van der Waals surface area contributed by atoms with Gasteiger partial charge in [0.1, 0.15) is 11.5 Å². The van der Waals surface area contributed by atoms with Gasteiger partial charge in [0.15, 0.2) is 0 Å². The smallest absolute Gasteiger partial charge is 0.127 e. The minimum atomic E-state index is 0.869. The summed E-state index contributed by atoms with van der Waals surface area (Å²) in [6, 6.07) is 19.5. The summed E-state index contributed by atoms with van der Waals surface area (Å²) in [4.78, 5) is 0. The lowest BCUT2D eigenvalue weighted by atomic mass is 10.1. The molecule has 23 heavy (non-hydrogen) atoms. The first kappa shape index (κ1) is 19.3. The van der Waals surface area contributed by atoms with Gasteiger partial charge in [-0.3, -0.25) is 0 Å². The monoisotopic (exact) mass is 312 g/mol. The third-order valence-corrected chi connectivity index (χ3v) is 3.68. The lowest BCUT2D eigenvalue weighted by molar-refractivity contribution is 0.482. The number of benzene rings is 2. The average molecular weight is 312 g/mol. The van der Waals surface area contributed by atoms with E-state index in [2.05, 4.69) is 13.8 Å². The Morgan fingerprint density at radius 2 is 0.870 bits per heavy atom. The Morgan fingerprint density at radius 3 is 1.22 bits per heavy atom. The quantitative estimate of drug-likeness (QED) is 0.432. The third-order valence-electron chi connectivity index (χ3n) is 3.68. The molecule has 0 fully saturated rings. The Kier molecular flexibility index (Phi) is 11.6. The molecule has 0 aliphatic rings. The van der Waals surface area contributed by atoms with E-state index >= 15 is 0 Å². The van der Waals surface area contributed by atoms with E-state index in [0.29, 0.717) is 0 Å². The predicted octanol–water partition coefficient (Wildman–Crippen LogP) is 7.63. The molecule has 2 aromatic carbocycles. The maximum absolute atomic E-state index is 5.58. The Balaban J connectivity index is 0.000000241. The van der Waals surface area contributed by atoms with E-state index in [4.69, 9.17) is 4.74 Å². The Labute approximate surface area is 142 Å². The SMILES string of the molecule is CCCCCCCCCC.c1ccc(Oc2ccccc2)cc1. The Morgan fingerprint density at radius 1 is 0.522 bits per heavy atom. The van der Waals surface area contributed by atoms with E-state index in [1.54, 1.807) is 0 Å². The van der Waals surface area contributed by atoms with E-state index in [0.717, 1.165) is 11.5 Å². The van der Waals surface area contributed by atoms with Crippen LogP contribution < -0.4 is 4.74 Å². The normalized spacial score (nSPS) is 9.83. The third kappa shape index (κ3) is 10.6. The number of ether oxygens (including phenoxy) is 1. The predicted molar refractivity (Wildman–Crippen MR) is 101 cm³/mol. The van der Waals surface area contributed by atoms with Crippen molar-refractivity contribution in [2.45, 2.75) is 65.2 Å². The molecule has 0 unspecified atom stereocenters. The first-order valence-electron chi connectivity index (χ1n) is 9.14. The van der Waals surface area contributed by atoms with Crippen LogP contribution in [0.3, 0.4) is 0 Å². The van der Waals surface area contributed by atoms with Gasteiger partial charge in [0.05, 0.1) is 0 Å². The molecule has 0 saturated carbocycles. The van der Waals surface area contributed by atoms with Crippen LogP contribution in [0.25, 0.3) is 0 Å². The second-order valence-electron chi connectivity index (χ2n) is 5.85. The van der Waals surface area contributed by atoms with Gasteiger partial charge < -0.3 is 4.74 Å². The highest BCUT2D eigenvalue weighted by Crippen LogP contribution is 2.19. The molecule has 0 amide bonds. The zero-order valence-corrected chi connectivity index (χ0v) is 14.8. The zero-order chi connectivity index (χ0) is 16.6. The summed E-state index contributed by atoms with van der Waals surface area (Å²) in [5, 5.41) is 0. The molecule has 0 aromatic heterocycles. The van der Waals surface area contributed by atoms with Gasteiger partial charge in [-0.1, -0.05) is 102 Å². The second-order valence-corrected chi connectivity index (χ2v) is 5.85. The molecule has 0 spiro atoms. The average Bonchev–Trinajstić information content (AvgIpc) is 2.60. The largest absolute Gasteiger partial charge is 0.457 e. The maximum atomic E-state index is 5.58. The Hall–Kier alpha value is -1.76. The lowest BCUT2D eigenvalue weighted by Crippen LogP contribution is -1.81. The molecular formula is C22H32O. The second kappa shape index (κ2) is 13.9. The van der Waals surface area contributed by atoms with Crippen LogP contribution in [0.1, 0.15) is 65.2 Å². The minimum Gasteiger partial charge on any atom is -0.457 e. The Bertz CT molecular complexity index is 418. The summed E-state index contributed by atoms with van der Waals surface area (Å²) in [6.07, 6.45) is 11.5. The molecular weight excluding hydrogens is 280 g/mol. The standard InChI is InChI=1S/C12H10O.C10H22/c1-3-7-11(8-4-1)13-12-9-5-2-6-10-12;1-3-5-7-9-10-8-6-4-2/h1-10H;3-10H2,1-2H3. The van der Waals surface area contributed by atoms with Gasteiger partial charge in [0.25, 0.3) is 0 Å². The first-order valence-corrected chi connectivity index (χ1v) is 9.14. The van der Waals surface area contributed by atoms with Crippen molar-refractivity contribution in [2.24, 2.45) is 0 Å². The first-order chi connectivity index (χ1) is 11.4. The van der Waals surface area contributed by atoms with Gasteiger partial charge in [-0.25, -0.2) is 0 Å². The summed E-state index contributed by atoms with van der Waals surface area (Å²) >= 11 is 0. The lowest BCUT2D eigenvalue weighted by Gasteiger charge is -2.03. The highest BCUT2D eigenvalue weighted by Gasteiger charge is 1.92. The summed E-state index contributed by atoms with van der Waals surface area (Å²) < 4.78 is 5.58. The van der Waals surface area contributed by atoms with E-state index in [1.165, 1.54) is 51.4 Å². The van der Waals surface area contributed by atoms with Crippen LogP contribution in [-0.2, 0) is 0 Å². The number of para-hydroxylation sites is 2. The molecule has 0 heterocycles. The van der Waals surface area contributed by atoms with E-state index in [1.807, 2.05) is 60.7 Å². The fourth-order valence-corrected chi connectivity index (χ4v) is 2.32. The molecule has 0 aliphatic heterocycles. The minimum absolute atomic E-state index is 0.869. The van der Waals surface area contributed by atoms with Gasteiger partial charge in [0, 0.05) is 0 Å². The fraction of sp³-hybridized carbons (Fsp3) is 0.455. The van der Waals surface area contributed by atoms with Gasteiger partial charge >= 0.3 is 0 Å². The number of unbranched alkanes of at least 4 members (excludes halogenated alkanes) is 7. The summed E-state index contributed by atoms with van der Waals surface area (Å²) in [5.74, 6) is 1.74. The van der Waals surface area contributed by atoms with Crippen molar-refractivity contribution >= 4 is 0 Å². The summed E-state index contributed by atoms with van der Waals surface area (Å²) in [6.45, 7) is 4.54. The van der Waals surface area contributed by atoms with Crippen molar-refractivity contribution in [3.05, 3.63) is 60.7 Å². The van der Waals surface area contributed by atoms with Crippen molar-refractivity contribution in [2.75, 3.05) is 0 Å². The van der Waals surface area contributed by atoms with Crippen molar-refractivity contribution in [3.63, 3.8) is 0 Å². The van der Waals surface area contributed by atoms with Crippen LogP contribution >= 0.6 is 0 Å². The maximum Gasteiger partial charge on any atom is 0.127 e. The zero-order valence-electron chi connectivity index (χ0n) is 14.8. The van der Waals surface area contributed by atoms with E-state index in [-0.39, 0.29) is 0 Å². The molecule has 0 radical (unpaired) electrons. The molecule has 1 heteroatoms. The molecule has 0 saturated heterocycles. The summed E-state index contributed by atoms with van der Waals surface area (Å²) in [5.41, 5.74) is 0. The topological polar surface area (TPSA) is 9.23 Å². The molecule has 2 aromatic rings. The van der Waals surface area contributed by atoms with Crippen LogP contribution in [0.15, 0.2) is 60.7 Å². The number of rotatable bonds is 9. The molecule has 2 rings (SSSR count). The van der Waals surface area contributed by atoms with Gasteiger partial charge in [-0.2, -0.15) is 0 Å². The van der Waals surface area contributed by atoms with Gasteiger partial charge in [-0.15, -0.1) is 0 Å². The van der Waals surface area contributed by atoms with Crippen LogP contribution in [-0.4, -0.2) is 0 Å². The van der Waals surface area contributed by atoms with Crippen molar-refractivity contribution < 1.29 is 4.74 Å². The van der Waals surface area contributed by atoms with E-state index in [9.17, 15) is 0 Å². The van der Waals surface area contributed by atoms with Crippen molar-refractivity contribution in [1.29, 1.82) is 0 Å². The molecule has 0 atom stereocenters. The van der Waals surface area contributed by atoms with Crippen molar-refractivity contribution in [3.8, 4) is 11.5 Å². The molecule has 126 valence electrons. The van der Waals surface area contributed by atoms with Crippen LogP contribution in [0.4, 0.5) is 0 Å². The highest BCUT2D eigenvalue weighted by molar-refractivity contribution is 5.30. The molecule has 0 aliphatic carbocycles.